The predicted molar refractivity (Wildman–Crippen MR) is 71.1 cm³/mol. The van der Waals surface area contributed by atoms with Gasteiger partial charge in [0.2, 0.25) is 0 Å². The van der Waals surface area contributed by atoms with Crippen molar-refractivity contribution in [3.05, 3.63) is 46.5 Å². The molecule has 1 atom stereocenters. The summed E-state index contributed by atoms with van der Waals surface area (Å²) >= 11 is 6.21. The van der Waals surface area contributed by atoms with Crippen molar-refractivity contribution >= 4 is 11.6 Å². The number of hydrogen-bond acceptors (Lipinski definition) is 0. The van der Waals surface area contributed by atoms with Crippen LogP contribution in [0.5, 0.6) is 0 Å². The van der Waals surface area contributed by atoms with Crippen molar-refractivity contribution < 1.29 is 0 Å². The highest BCUT2D eigenvalue weighted by Crippen LogP contribution is 2.42. The van der Waals surface area contributed by atoms with Crippen molar-refractivity contribution in [1.82, 2.24) is 0 Å². The SMILES string of the molecule is CC(C)/C=C\CCC1Cc2cccc(Cl)c21. The van der Waals surface area contributed by atoms with E-state index in [2.05, 4.69) is 38.1 Å². The van der Waals surface area contributed by atoms with E-state index in [9.17, 15) is 0 Å². The Morgan fingerprint density at radius 2 is 2.25 bits per heavy atom. The number of halogens is 1. The maximum absolute atomic E-state index is 6.21. The molecule has 0 heterocycles. The monoisotopic (exact) mass is 234 g/mol. The van der Waals surface area contributed by atoms with Crippen molar-refractivity contribution in [1.29, 1.82) is 0 Å². The van der Waals surface area contributed by atoms with Crippen LogP contribution in [0.15, 0.2) is 30.4 Å². The fourth-order valence-corrected chi connectivity index (χ4v) is 2.71. The van der Waals surface area contributed by atoms with E-state index in [-0.39, 0.29) is 0 Å². The molecule has 0 spiro atoms. The van der Waals surface area contributed by atoms with Gasteiger partial charge in [-0.1, -0.05) is 49.7 Å². The van der Waals surface area contributed by atoms with E-state index in [1.165, 1.54) is 30.4 Å². The molecule has 0 saturated carbocycles. The lowest BCUT2D eigenvalue weighted by molar-refractivity contribution is 0.564. The van der Waals surface area contributed by atoms with Crippen molar-refractivity contribution in [3.63, 3.8) is 0 Å². The van der Waals surface area contributed by atoms with Crippen LogP contribution < -0.4 is 0 Å². The largest absolute Gasteiger partial charge is 0.0883 e. The van der Waals surface area contributed by atoms with Crippen LogP contribution in [0.3, 0.4) is 0 Å². The maximum Gasteiger partial charge on any atom is 0.0443 e. The van der Waals surface area contributed by atoms with E-state index in [4.69, 9.17) is 11.6 Å². The lowest BCUT2D eigenvalue weighted by Gasteiger charge is -2.31. The number of rotatable bonds is 4. The van der Waals surface area contributed by atoms with Gasteiger partial charge in [-0.25, -0.2) is 0 Å². The van der Waals surface area contributed by atoms with Gasteiger partial charge in [0, 0.05) is 5.02 Å². The summed E-state index contributed by atoms with van der Waals surface area (Å²) in [7, 11) is 0. The maximum atomic E-state index is 6.21. The van der Waals surface area contributed by atoms with Crippen molar-refractivity contribution in [2.45, 2.75) is 39.0 Å². The fourth-order valence-electron chi connectivity index (χ4n) is 2.37. The molecule has 0 saturated heterocycles. The third-order valence-electron chi connectivity index (χ3n) is 3.22. The smallest absolute Gasteiger partial charge is 0.0443 e. The van der Waals surface area contributed by atoms with Gasteiger partial charge in [-0.2, -0.15) is 0 Å². The second-order valence-electron chi connectivity index (χ2n) is 4.96. The molecule has 1 heteroatoms. The van der Waals surface area contributed by atoms with Gasteiger partial charge >= 0.3 is 0 Å². The first-order valence-electron chi connectivity index (χ1n) is 6.12. The first kappa shape index (κ1) is 11.7. The molecule has 0 aromatic heterocycles. The zero-order valence-corrected chi connectivity index (χ0v) is 10.8. The summed E-state index contributed by atoms with van der Waals surface area (Å²) in [6, 6.07) is 6.26. The summed E-state index contributed by atoms with van der Waals surface area (Å²) in [6.07, 6.45) is 8.21. The molecule has 16 heavy (non-hydrogen) atoms. The summed E-state index contributed by atoms with van der Waals surface area (Å²) in [5, 5.41) is 0.960. The summed E-state index contributed by atoms with van der Waals surface area (Å²) < 4.78 is 0. The standard InChI is InChI=1S/C15H19Cl/c1-11(2)6-3-4-7-12-10-13-8-5-9-14(16)15(12)13/h3,5-6,8-9,11-12H,4,7,10H2,1-2H3/b6-3-. The van der Waals surface area contributed by atoms with Crippen molar-refractivity contribution in [2.75, 3.05) is 0 Å². The Kier molecular flexibility index (Phi) is 3.70. The number of benzene rings is 1. The molecular weight excluding hydrogens is 216 g/mol. The van der Waals surface area contributed by atoms with E-state index in [1.807, 2.05) is 6.07 Å². The van der Waals surface area contributed by atoms with Gasteiger partial charge in [-0.15, -0.1) is 0 Å². The second kappa shape index (κ2) is 5.05. The predicted octanol–water partition coefficient (Wildman–Crippen LogP) is 4.97. The average molecular weight is 235 g/mol. The molecule has 1 aliphatic carbocycles. The van der Waals surface area contributed by atoms with E-state index >= 15 is 0 Å². The molecule has 1 aromatic carbocycles. The van der Waals surface area contributed by atoms with Crippen LogP contribution in [0.25, 0.3) is 0 Å². The lowest BCUT2D eigenvalue weighted by Crippen LogP contribution is -2.17. The molecule has 1 aliphatic rings. The van der Waals surface area contributed by atoms with Gasteiger partial charge in [0.05, 0.1) is 0 Å². The molecule has 0 nitrogen and oxygen atoms in total. The van der Waals surface area contributed by atoms with Crippen LogP contribution in [0, 0.1) is 5.92 Å². The molecule has 86 valence electrons. The van der Waals surface area contributed by atoms with E-state index in [0.29, 0.717) is 11.8 Å². The number of fused-ring (bicyclic) bond motifs is 1. The number of hydrogen-bond donors (Lipinski definition) is 0. The molecule has 0 aliphatic heterocycles. The van der Waals surface area contributed by atoms with Crippen molar-refractivity contribution in [2.24, 2.45) is 5.92 Å². The summed E-state index contributed by atoms with van der Waals surface area (Å²) in [6.45, 7) is 4.43. The Labute approximate surface area is 103 Å². The fraction of sp³-hybridized carbons (Fsp3) is 0.467. The zero-order valence-electron chi connectivity index (χ0n) is 10.0. The van der Waals surface area contributed by atoms with Crippen molar-refractivity contribution in [3.8, 4) is 0 Å². The molecule has 1 unspecified atom stereocenters. The molecule has 2 rings (SSSR count). The first-order chi connectivity index (χ1) is 7.68. The molecule has 0 bridgehead atoms. The highest BCUT2D eigenvalue weighted by Gasteiger charge is 2.27. The van der Waals surface area contributed by atoms with Gasteiger partial charge in [0.25, 0.3) is 0 Å². The van der Waals surface area contributed by atoms with Gasteiger partial charge in [0.15, 0.2) is 0 Å². The summed E-state index contributed by atoms with van der Waals surface area (Å²) in [5.41, 5.74) is 2.85. The van der Waals surface area contributed by atoms with E-state index in [1.54, 1.807) is 0 Å². The third-order valence-corrected chi connectivity index (χ3v) is 3.55. The molecular formula is C15H19Cl. The minimum absolute atomic E-state index is 0.664. The van der Waals surface area contributed by atoms with Crippen LogP contribution in [0.2, 0.25) is 5.02 Å². The van der Waals surface area contributed by atoms with Crippen LogP contribution in [-0.4, -0.2) is 0 Å². The topological polar surface area (TPSA) is 0 Å². The Hall–Kier alpha value is -0.750. The highest BCUT2D eigenvalue weighted by atomic mass is 35.5. The zero-order chi connectivity index (χ0) is 11.5. The summed E-state index contributed by atoms with van der Waals surface area (Å²) in [4.78, 5) is 0. The highest BCUT2D eigenvalue weighted by molar-refractivity contribution is 6.31. The van der Waals surface area contributed by atoms with Crippen LogP contribution >= 0.6 is 11.6 Å². The Morgan fingerprint density at radius 1 is 1.44 bits per heavy atom. The van der Waals surface area contributed by atoms with E-state index < -0.39 is 0 Å². The number of allylic oxidation sites excluding steroid dienone is 2. The van der Waals surface area contributed by atoms with Crippen LogP contribution in [0.4, 0.5) is 0 Å². The van der Waals surface area contributed by atoms with Gasteiger partial charge in [-0.05, 0) is 48.3 Å². The first-order valence-corrected chi connectivity index (χ1v) is 6.50. The van der Waals surface area contributed by atoms with Gasteiger partial charge in [0.1, 0.15) is 0 Å². The molecule has 0 N–H and O–H groups in total. The van der Waals surface area contributed by atoms with Crippen LogP contribution in [-0.2, 0) is 6.42 Å². The second-order valence-corrected chi connectivity index (χ2v) is 5.37. The average Bonchev–Trinajstić information content (AvgIpc) is 2.18. The molecule has 1 aromatic rings. The van der Waals surface area contributed by atoms with Gasteiger partial charge < -0.3 is 0 Å². The Morgan fingerprint density at radius 3 is 2.94 bits per heavy atom. The Bertz CT molecular complexity index is 376. The molecule has 0 radical (unpaired) electrons. The molecule has 0 amide bonds. The summed E-state index contributed by atoms with van der Waals surface area (Å²) in [5.74, 6) is 1.36. The van der Waals surface area contributed by atoms with Gasteiger partial charge in [-0.3, -0.25) is 0 Å². The van der Waals surface area contributed by atoms with E-state index in [0.717, 1.165) is 5.02 Å². The van der Waals surface area contributed by atoms with Crippen LogP contribution in [0.1, 0.15) is 43.7 Å². The molecule has 0 fully saturated rings. The normalized spacial score (nSPS) is 18.9. The Balaban J connectivity index is 1.89. The lowest BCUT2D eigenvalue weighted by atomic mass is 9.75. The quantitative estimate of drug-likeness (QED) is 0.645. The third kappa shape index (κ3) is 2.49. The minimum Gasteiger partial charge on any atom is -0.0883 e. The minimum atomic E-state index is 0.664.